The first-order valence-corrected chi connectivity index (χ1v) is 27.3. The second-order valence-electron chi connectivity index (χ2n) is 21.3. The maximum absolute atomic E-state index is 5.70. The first-order valence-electron chi connectivity index (χ1n) is 27.3. The third-order valence-electron chi connectivity index (χ3n) is 16.7. The molecule has 12 aromatic carbocycles. The molecule has 1 aliphatic carbocycles. The van der Waals surface area contributed by atoms with Gasteiger partial charge in [-0.05, 0) is 165 Å². The first-order chi connectivity index (χ1) is 39.1. The largest absolute Gasteiger partial charge is 0.256 e. The molecule has 368 valence electrons. The van der Waals surface area contributed by atoms with Gasteiger partial charge in [0.15, 0.2) is 5.82 Å². The zero-order valence-corrected chi connectivity index (χ0v) is 43.3. The third-order valence-corrected chi connectivity index (χ3v) is 16.7. The molecule has 0 unspecified atom stereocenters. The minimum atomic E-state index is 0.492. The highest BCUT2D eigenvalue weighted by atomic mass is 14.9. The van der Waals surface area contributed by atoms with Crippen LogP contribution in [0.15, 0.2) is 249 Å². The topological polar surface area (TPSA) is 51.6 Å². The Bertz CT molecular complexity index is 5010. The molecular weight excluding hydrogens is 957 g/mol. The van der Waals surface area contributed by atoms with Crippen LogP contribution < -0.4 is 0 Å². The van der Waals surface area contributed by atoms with Gasteiger partial charge in [-0.15, -0.1) is 0 Å². The smallest absolute Gasteiger partial charge is 0.160 e. The summed E-state index contributed by atoms with van der Waals surface area (Å²) in [6, 6.07) is 84.0. The van der Waals surface area contributed by atoms with Gasteiger partial charge in [0.05, 0.1) is 22.2 Å². The Hall–Kier alpha value is -10.2. The van der Waals surface area contributed by atoms with E-state index in [1.165, 1.54) is 65.0 Å². The van der Waals surface area contributed by atoms with Gasteiger partial charge < -0.3 is 0 Å². The number of para-hydroxylation sites is 2. The quantitative estimate of drug-likeness (QED) is 0.156. The van der Waals surface area contributed by atoms with E-state index in [1.807, 2.05) is 24.5 Å². The lowest BCUT2D eigenvalue weighted by atomic mass is 9.83. The average molecular weight is 1010 g/mol. The number of aromatic nitrogens is 4. The van der Waals surface area contributed by atoms with Gasteiger partial charge in [-0.25, -0.2) is 9.97 Å². The standard InChI is InChI=1S/C75H48N4/c1-45-22-33-61-63-34-31-50(41-68(63)60-17-7-6-16-59(60)67(61)40-45)52-43-66(51-32-35-62-57-14-3-2-12-55(57)56-13-4-5-15-58(56)69(62)42-51)74-70(44-52)73(48-27-23-46(24-28-48)53-36-38-76-71-20-10-8-18-64(53)71)78-75(79-74)49-29-25-47(26-30-49)54-37-39-77-72-21-11-9-19-65(54)72/h2-39,41-45H,40H2,1H3/t45-/m0/s1. The van der Waals surface area contributed by atoms with Crippen LogP contribution in [0, 0.1) is 5.92 Å². The molecule has 1 aliphatic rings. The van der Waals surface area contributed by atoms with Crippen molar-refractivity contribution in [3.8, 4) is 67.2 Å². The summed E-state index contributed by atoms with van der Waals surface area (Å²) in [7, 11) is 0. The lowest BCUT2D eigenvalue weighted by molar-refractivity contribution is 0.722. The van der Waals surface area contributed by atoms with Crippen molar-refractivity contribution in [1.29, 1.82) is 0 Å². The van der Waals surface area contributed by atoms with Crippen molar-refractivity contribution in [2.24, 2.45) is 5.92 Å². The Morgan fingerprint density at radius 2 is 0.785 bits per heavy atom. The zero-order chi connectivity index (χ0) is 52.1. The number of hydrogen-bond donors (Lipinski definition) is 0. The summed E-state index contributed by atoms with van der Waals surface area (Å²) in [6.07, 6.45) is 9.56. The Morgan fingerprint density at radius 1 is 0.329 bits per heavy atom. The highest BCUT2D eigenvalue weighted by Crippen LogP contribution is 2.45. The second-order valence-corrected chi connectivity index (χ2v) is 21.3. The van der Waals surface area contributed by atoms with Gasteiger partial charge in [0, 0.05) is 45.2 Å². The van der Waals surface area contributed by atoms with Gasteiger partial charge >= 0.3 is 0 Å². The van der Waals surface area contributed by atoms with Gasteiger partial charge in [-0.2, -0.15) is 0 Å². The molecule has 3 heterocycles. The minimum absolute atomic E-state index is 0.492. The fourth-order valence-electron chi connectivity index (χ4n) is 12.9. The Morgan fingerprint density at radius 3 is 1.42 bits per heavy atom. The van der Waals surface area contributed by atoms with Crippen LogP contribution in [0.3, 0.4) is 0 Å². The van der Waals surface area contributed by atoms with Crippen molar-refractivity contribution in [3.05, 3.63) is 260 Å². The van der Waals surface area contributed by atoms with E-state index in [1.54, 1.807) is 0 Å². The summed E-state index contributed by atoms with van der Waals surface area (Å²) in [5.74, 6) is 1.15. The molecule has 4 heteroatoms. The highest BCUT2D eigenvalue weighted by molar-refractivity contribution is 6.26. The van der Waals surface area contributed by atoms with E-state index < -0.39 is 0 Å². The lowest BCUT2D eigenvalue weighted by Crippen LogP contribution is -2.05. The van der Waals surface area contributed by atoms with Gasteiger partial charge in [-0.1, -0.05) is 201 Å². The molecule has 0 saturated heterocycles. The molecule has 4 nitrogen and oxygen atoms in total. The molecule has 79 heavy (non-hydrogen) atoms. The highest BCUT2D eigenvalue weighted by Gasteiger charge is 2.22. The third kappa shape index (κ3) is 7.36. The molecule has 0 fully saturated rings. The summed E-state index contributed by atoms with van der Waals surface area (Å²) in [5, 5.41) is 15.8. The second kappa shape index (κ2) is 18.0. The number of benzene rings is 12. The molecule has 0 spiro atoms. The van der Waals surface area contributed by atoms with Crippen molar-refractivity contribution in [3.63, 3.8) is 0 Å². The number of nitrogens with zero attached hydrogens (tertiary/aromatic N) is 4. The number of fused-ring (bicyclic) bond motifs is 15. The molecule has 16 rings (SSSR count). The number of pyridine rings is 2. The fourth-order valence-corrected chi connectivity index (χ4v) is 12.9. The van der Waals surface area contributed by atoms with E-state index in [0.717, 1.165) is 100 Å². The first kappa shape index (κ1) is 45.1. The van der Waals surface area contributed by atoms with Crippen molar-refractivity contribution in [2.75, 3.05) is 0 Å². The SMILES string of the molecule is C[C@H]1C=Cc2c(c3ccccc3c3cc(-c4cc(-c5ccc6c7ccccc7c7ccccc7c6c5)c5nc(-c6ccc(-c7ccnc8ccccc78)cc6)nc(-c6ccc(-c7ccnc8ccccc78)cc6)c5c4)ccc23)C1. The van der Waals surface area contributed by atoms with E-state index in [9.17, 15) is 0 Å². The van der Waals surface area contributed by atoms with Crippen LogP contribution in [0.2, 0.25) is 0 Å². The van der Waals surface area contributed by atoms with E-state index in [0.29, 0.717) is 11.7 Å². The number of hydrogen-bond acceptors (Lipinski definition) is 4. The van der Waals surface area contributed by atoms with Crippen molar-refractivity contribution >= 4 is 92.6 Å². The van der Waals surface area contributed by atoms with E-state index >= 15 is 0 Å². The van der Waals surface area contributed by atoms with E-state index in [4.69, 9.17) is 9.97 Å². The summed E-state index contributed by atoms with van der Waals surface area (Å²) >= 11 is 0. The number of rotatable bonds is 6. The molecular formula is C75H48N4. The maximum atomic E-state index is 5.70. The Balaban J connectivity index is 0.964. The van der Waals surface area contributed by atoms with Crippen molar-refractivity contribution < 1.29 is 0 Å². The molecule has 0 amide bonds. The molecule has 3 aromatic heterocycles. The molecule has 0 N–H and O–H groups in total. The van der Waals surface area contributed by atoms with Crippen LogP contribution in [0.4, 0.5) is 0 Å². The monoisotopic (exact) mass is 1000 g/mol. The summed E-state index contributed by atoms with van der Waals surface area (Å²) in [4.78, 5) is 20.7. The Labute approximate surface area is 456 Å². The van der Waals surface area contributed by atoms with Crippen LogP contribution >= 0.6 is 0 Å². The van der Waals surface area contributed by atoms with Crippen LogP contribution in [0.25, 0.3) is 160 Å². The van der Waals surface area contributed by atoms with Gasteiger partial charge in [0.2, 0.25) is 0 Å². The van der Waals surface area contributed by atoms with Gasteiger partial charge in [0.1, 0.15) is 0 Å². The summed E-state index contributed by atoms with van der Waals surface area (Å²) in [6.45, 7) is 2.32. The van der Waals surface area contributed by atoms with E-state index in [2.05, 4.69) is 247 Å². The van der Waals surface area contributed by atoms with Crippen molar-refractivity contribution in [1.82, 2.24) is 19.9 Å². The molecule has 1 atom stereocenters. The van der Waals surface area contributed by atoms with Crippen LogP contribution in [-0.2, 0) is 6.42 Å². The lowest BCUT2D eigenvalue weighted by Gasteiger charge is -2.22. The average Bonchev–Trinajstić information content (AvgIpc) is 3.59. The molecule has 0 aliphatic heterocycles. The van der Waals surface area contributed by atoms with E-state index in [-0.39, 0.29) is 0 Å². The summed E-state index contributed by atoms with van der Waals surface area (Å²) in [5.41, 5.74) is 17.3. The van der Waals surface area contributed by atoms with Crippen LogP contribution in [0.5, 0.6) is 0 Å². The molecule has 0 radical (unpaired) electrons. The predicted octanol–water partition coefficient (Wildman–Crippen LogP) is 19.7. The van der Waals surface area contributed by atoms with Gasteiger partial charge in [0.25, 0.3) is 0 Å². The normalized spacial score (nSPS) is 13.4. The van der Waals surface area contributed by atoms with Crippen molar-refractivity contribution in [2.45, 2.75) is 13.3 Å². The fraction of sp³-hybridized carbons (Fsp3) is 0.0400. The minimum Gasteiger partial charge on any atom is -0.256 e. The summed E-state index contributed by atoms with van der Waals surface area (Å²) < 4.78 is 0. The molecule has 0 bridgehead atoms. The number of allylic oxidation sites excluding steroid dienone is 1. The van der Waals surface area contributed by atoms with Crippen LogP contribution in [-0.4, -0.2) is 19.9 Å². The van der Waals surface area contributed by atoms with Crippen LogP contribution in [0.1, 0.15) is 18.1 Å². The predicted molar refractivity (Wildman–Crippen MR) is 332 cm³/mol. The Kier molecular flexibility index (Phi) is 10.3. The zero-order valence-electron chi connectivity index (χ0n) is 43.3. The molecule has 0 saturated carbocycles. The maximum Gasteiger partial charge on any atom is 0.160 e. The molecule has 15 aromatic rings. The van der Waals surface area contributed by atoms with Gasteiger partial charge in [-0.3, -0.25) is 9.97 Å².